The quantitative estimate of drug-likeness (QED) is 0.803. The maximum atomic E-state index is 11.3. The number of aromatic nitrogens is 1. The first-order valence-electron chi connectivity index (χ1n) is 5.22. The molecule has 15 heavy (non-hydrogen) atoms. The number of thiazole rings is 1. The molecule has 0 saturated heterocycles. The summed E-state index contributed by atoms with van der Waals surface area (Å²) in [5.74, 6) is 0.0748. The van der Waals surface area contributed by atoms with E-state index in [0.29, 0.717) is 0 Å². The molecule has 0 unspecified atom stereocenters. The fourth-order valence-corrected chi connectivity index (χ4v) is 2.69. The molecule has 2 N–H and O–H groups in total. The van der Waals surface area contributed by atoms with Crippen LogP contribution in [0.4, 0.5) is 0 Å². The predicted molar refractivity (Wildman–Crippen MR) is 63.3 cm³/mol. The van der Waals surface area contributed by atoms with Gasteiger partial charge in [-0.15, -0.1) is 11.3 Å². The van der Waals surface area contributed by atoms with Crippen molar-refractivity contribution in [1.29, 1.82) is 0 Å². The molecule has 3 nitrogen and oxygen atoms in total. The van der Waals surface area contributed by atoms with Gasteiger partial charge in [0.25, 0.3) is 0 Å². The van der Waals surface area contributed by atoms with Crippen molar-refractivity contribution in [3.05, 3.63) is 15.6 Å². The van der Waals surface area contributed by atoms with Crippen molar-refractivity contribution in [3.63, 3.8) is 0 Å². The Labute approximate surface area is 94.7 Å². The molecule has 1 heterocycles. The molecular formula is C11H18N2OS. The van der Waals surface area contributed by atoms with Crippen molar-refractivity contribution >= 4 is 17.1 Å². The SMILES string of the molecule is CCC(N)(CC)c1nc(C)c(C(C)=O)s1. The maximum absolute atomic E-state index is 11.3. The largest absolute Gasteiger partial charge is 0.319 e. The van der Waals surface area contributed by atoms with Gasteiger partial charge >= 0.3 is 0 Å². The van der Waals surface area contributed by atoms with Crippen LogP contribution in [0.2, 0.25) is 0 Å². The van der Waals surface area contributed by atoms with E-state index in [-0.39, 0.29) is 11.3 Å². The number of carbonyl (C=O) groups excluding carboxylic acids is 1. The average Bonchev–Trinajstić information content (AvgIpc) is 2.59. The molecular weight excluding hydrogens is 208 g/mol. The lowest BCUT2D eigenvalue weighted by molar-refractivity contribution is 0.102. The Morgan fingerprint density at radius 1 is 1.47 bits per heavy atom. The third kappa shape index (κ3) is 2.26. The number of carbonyl (C=O) groups is 1. The van der Waals surface area contributed by atoms with Crippen LogP contribution in [0.25, 0.3) is 0 Å². The van der Waals surface area contributed by atoms with Gasteiger partial charge in [0.15, 0.2) is 5.78 Å². The van der Waals surface area contributed by atoms with Crippen LogP contribution in [0.5, 0.6) is 0 Å². The molecule has 0 spiro atoms. The molecule has 1 aromatic rings. The first-order chi connectivity index (χ1) is 6.94. The van der Waals surface area contributed by atoms with Crippen molar-refractivity contribution in [1.82, 2.24) is 4.98 Å². The number of rotatable bonds is 4. The monoisotopic (exact) mass is 226 g/mol. The maximum Gasteiger partial charge on any atom is 0.171 e. The molecule has 0 atom stereocenters. The number of hydrogen-bond acceptors (Lipinski definition) is 4. The smallest absolute Gasteiger partial charge is 0.171 e. The van der Waals surface area contributed by atoms with Gasteiger partial charge in [0.2, 0.25) is 0 Å². The van der Waals surface area contributed by atoms with Gasteiger partial charge in [-0.25, -0.2) is 4.98 Å². The van der Waals surface area contributed by atoms with E-state index >= 15 is 0 Å². The van der Waals surface area contributed by atoms with Crippen LogP contribution >= 0.6 is 11.3 Å². The molecule has 84 valence electrons. The molecule has 0 radical (unpaired) electrons. The summed E-state index contributed by atoms with van der Waals surface area (Å²) >= 11 is 1.44. The minimum absolute atomic E-state index is 0.0748. The molecule has 0 bridgehead atoms. The fourth-order valence-electron chi connectivity index (χ4n) is 1.49. The molecule has 0 fully saturated rings. The van der Waals surface area contributed by atoms with E-state index in [9.17, 15) is 4.79 Å². The second kappa shape index (κ2) is 4.41. The zero-order valence-corrected chi connectivity index (χ0v) is 10.6. The predicted octanol–water partition coefficient (Wildman–Crippen LogP) is 2.63. The topological polar surface area (TPSA) is 56.0 Å². The number of Topliss-reactive ketones (excluding diaryl/α,β-unsaturated/α-hetero) is 1. The highest BCUT2D eigenvalue weighted by molar-refractivity contribution is 7.14. The Morgan fingerprint density at radius 2 is 2.00 bits per heavy atom. The van der Waals surface area contributed by atoms with Crippen molar-refractivity contribution in [2.75, 3.05) is 0 Å². The summed E-state index contributed by atoms with van der Waals surface area (Å²) in [7, 11) is 0. The van der Waals surface area contributed by atoms with Crippen LogP contribution in [0.1, 0.15) is 54.0 Å². The first kappa shape index (κ1) is 12.3. The second-order valence-corrected chi connectivity index (χ2v) is 4.85. The lowest BCUT2D eigenvalue weighted by Crippen LogP contribution is -2.34. The standard InChI is InChI=1S/C11H18N2OS/c1-5-11(12,6-2)10-13-7(3)9(15-10)8(4)14/h5-6,12H2,1-4H3. The fraction of sp³-hybridized carbons (Fsp3) is 0.636. The van der Waals surface area contributed by atoms with E-state index < -0.39 is 0 Å². The number of ketones is 1. The summed E-state index contributed by atoms with van der Waals surface area (Å²) in [6, 6.07) is 0. The van der Waals surface area contributed by atoms with Crippen LogP contribution in [0.3, 0.4) is 0 Å². The number of nitrogens with two attached hydrogens (primary N) is 1. The summed E-state index contributed by atoms with van der Waals surface area (Å²) in [4.78, 5) is 16.5. The van der Waals surface area contributed by atoms with Crippen molar-refractivity contribution < 1.29 is 4.79 Å². The molecule has 0 saturated carbocycles. The Bertz CT molecular complexity index is 367. The third-order valence-electron chi connectivity index (χ3n) is 2.80. The Balaban J connectivity index is 3.17. The zero-order chi connectivity index (χ0) is 11.6. The number of nitrogens with zero attached hydrogens (tertiary/aromatic N) is 1. The highest BCUT2D eigenvalue weighted by Gasteiger charge is 2.28. The molecule has 0 amide bonds. The summed E-state index contributed by atoms with van der Waals surface area (Å²) in [5.41, 5.74) is 6.67. The van der Waals surface area contributed by atoms with Crippen molar-refractivity contribution in [2.24, 2.45) is 5.73 Å². The van der Waals surface area contributed by atoms with Gasteiger partial charge in [-0.1, -0.05) is 13.8 Å². The van der Waals surface area contributed by atoms with E-state index in [4.69, 9.17) is 5.73 Å². The van der Waals surface area contributed by atoms with Gasteiger partial charge in [0.05, 0.1) is 16.1 Å². The highest BCUT2D eigenvalue weighted by atomic mass is 32.1. The molecule has 1 rings (SSSR count). The van der Waals surface area contributed by atoms with E-state index in [1.54, 1.807) is 6.92 Å². The minimum Gasteiger partial charge on any atom is -0.319 e. The number of hydrogen-bond donors (Lipinski definition) is 1. The van der Waals surface area contributed by atoms with Crippen LogP contribution in [-0.4, -0.2) is 10.8 Å². The Morgan fingerprint density at radius 3 is 2.33 bits per heavy atom. The molecule has 0 aliphatic heterocycles. The Hall–Kier alpha value is -0.740. The van der Waals surface area contributed by atoms with Gasteiger partial charge in [-0.05, 0) is 19.8 Å². The second-order valence-electron chi connectivity index (χ2n) is 3.85. The normalized spacial score (nSPS) is 11.8. The molecule has 0 aromatic carbocycles. The lowest BCUT2D eigenvalue weighted by atomic mass is 9.95. The van der Waals surface area contributed by atoms with E-state index in [1.807, 2.05) is 20.8 Å². The van der Waals surface area contributed by atoms with Crippen molar-refractivity contribution in [3.8, 4) is 0 Å². The zero-order valence-electron chi connectivity index (χ0n) is 9.76. The summed E-state index contributed by atoms with van der Waals surface area (Å²) in [6.07, 6.45) is 1.68. The Kier molecular flexibility index (Phi) is 3.62. The van der Waals surface area contributed by atoms with Gasteiger partial charge < -0.3 is 5.73 Å². The van der Waals surface area contributed by atoms with Crippen molar-refractivity contribution in [2.45, 2.75) is 46.1 Å². The van der Waals surface area contributed by atoms with Crippen LogP contribution < -0.4 is 5.73 Å². The molecule has 0 aliphatic carbocycles. The van der Waals surface area contributed by atoms with Gasteiger partial charge in [-0.3, -0.25) is 4.79 Å². The highest BCUT2D eigenvalue weighted by Crippen LogP contribution is 2.31. The van der Waals surface area contributed by atoms with Crippen LogP contribution in [-0.2, 0) is 5.54 Å². The summed E-state index contributed by atoms with van der Waals surface area (Å²) in [5, 5.41) is 0.884. The summed E-state index contributed by atoms with van der Waals surface area (Å²) in [6.45, 7) is 7.53. The van der Waals surface area contributed by atoms with Crippen LogP contribution in [0.15, 0.2) is 0 Å². The van der Waals surface area contributed by atoms with Gasteiger partial charge in [0, 0.05) is 6.92 Å². The molecule has 4 heteroatoms. The van der Waals surface area contributed by atoms with E-state index in [2.05, 4.69) is 4.98 Å². The third-order valence-corrected chi connectivity index (χ3v) is 4.28. The minimum atomic E-state index is -0.372. The molecule has 1 aromatic heterocycles. The van der Waals surface area contributed by atoms with Gasteiger partial charge in [0.1, 0.15) is 5.01 Å². The van der Waals surface area contributed by atoms with Gasteiger partial charge in [-0.2, -0.15) is 0 Å². The van der Waals surface area contributed by atoms with E-state index in [1.165, 1.54) is 11.3 Å². The van der Waals surface area contributed by atoms with Crippen LogP contribution in [0, 0.1) is 6.92 Å². The average molecular weight is 226 g/mol. The molecule has 0 aliphatic rings. The first-order valence-corrected chi connectivity index (χ1v) is 6.04. The number of aryl methyl sites for hydroxylation is 1. The van der Waals surface area contributed by atoms with E-state index in [0.717, 1.165) is 28.4 Å². The lowest BCUT2D eigenvalue weighted by Gasteiger charge is -2.23. The summed E-state index contributed by atoms with van der Waals surface area (Å²) < 4.78 is 0.